The van der Waals surface area contributed by atoms with Crippen molar-refractivity contribution in [2.75, 3.05) is 26.9 Å². The predicted octanol–water partition coefficient (Wildman–Crippen LogP) is 2.85. The molecule has 0 aromatic heterocycles. The van der Waals surface area contributed by atoms with Gasteiger partial charge in [-0.3, -0.25) is 0 Å². The van der Waals surface area contributed by atoms with Crippen LogP contribution in [0.3, 0.4) is 0 Å². The molecule has 3 nitrogen and oxygen atoms in total. The van der Waals surface area contributed by atoms with E-state index in [1.165, 1.54) is 0 Å². The second kappa shape index (κ2) is 7.36. The highest BCUT2D eigenvalue weighted by molar-refractivity contribution is 6.17. The topological polar surface area (TPSA) is 27.7 Å². The molecule has 1 aromatic carbocycles. The van der Waals surface area contributed by atoms with Crippen molar-refractivity contribution in [2.24, 2.45) is 0 Å². The van der Waals surface area contributed by atoms with Crippen LogP contribution < -0.4 is 9.47 Å². The van der Waals surface area contributed by atoms with Gasteiger partial charge < -0.3 is 14.2 Å². The Hall–Kier alpha value is -0.930. The third kappa shape index (κ3) is 3.91. The van der Waals surface area contributed by atoms with Crippen LogP contribution in [0.25, 0.3) is 0 Å². The monoisotopic (exact) mass is 244 g/mol. The summed E-state index contributed by atoms with van der Waals surface area (Å²) in [7, 11) is 1.61. The lowest BCUT2D eigenvalue weighted by atomic mass is 10.2. The van der Waals surface area contributed by atoms with Gasteiger partial charge in [-0.1, -0.05) is 6.07 Å². The minimum absolute atomic E-state index is 0.468. The Balaban J connectivity index is 2.57. The Kier molecular flexibility index (Phi) is 6.04. The van der Waals surface area contributed by atoms with Crippen LogP contribution >= 0.6 is 11.6 Å². The van der Waals surface area contributed by atoms with E-state index in [9.17, 15) is 0 Å². The SMILES string of the molecule is CCOCCOc1ccc(CCl)cc1OC. The van der Waals surface area contributed by atoms with E-state index in [1.807, 2.05) is 25.1 Å². The van der Waals surface area contributed by atoms with Gasteiger partial charge in [0.25, 0.3) is 0 Å². The Morgan fingerprint density at radius 1 is 1.19 bits per heavy atom. The van der Waals surface area contributed by atoms with Gasteiger partial charge in [-0.05, 0) is 24.6 Å². The zero-order valence-electron chi connectivity index (χ0n) is 9.66. The summed E-state index contributed by atoms with van der Waals surface area (Å²) in [6, 6.07) is 5.66. The molecular formula is C12H17ClO3. The Bertz CT molecular complexity index is 315. The number of benzene rings is 1. The molecule has 0 spiro atoms. The van der Waals surface area contributed by atoms with Crippen molar-refractivity contribution in [3.8, 4) is 11.5 Å². The van der Waals surface area contributed by atoms with E-state index in [0.717, 1.165) is 11.3 Å². The maximum absolute atomic E-state index is 5.74. The van der Waals surface area contributed by atoms with Gasteiger partial charge >= 0.3 is 0 Å². The third-order valence-electron chi connectivity index (χ3n) is 2.07. The van der Waals surface area contributed by atoms with E-state index in [0.29, 0.717) is 31.5 Å². The normalized spacial score (nSPS) is 10.2. The number of rotatable bonds is 7. The van der Waals surface area contributed by atoms with E-state index in [1.54, 1.807) is 7.11 Å². The molecule has 0 saturated carbocycles. The molecule has 0 N–H and O–H groups in total. The fourth-order valence-electron chi connectivity index (χ4n) is 1.27. The molecule has 0 fully saturated rings. The first kappa shape index (κ1) is 13.1. The van der Waals surface area contributed by atoms with E-state index in [-0.39, 0.29) is 0 Å². The van der Waals surface area contributed by atoms with Crippen molar-refractivity contribution in [3.05, 3.63) is 23.8 Å². The van der Waals surface area contributed by atoms with Crippen LogP contribution in [0, 0.1) is 0 Å². The summed E-state index contributed by atoms with van der Waals surface area (Å²) in [6.45, 7) is 3.75. The zero-order valence-corrected chi connectivity index (χ0v) is 10.4. The van der Waals surface area contributed by atoms with Crippen LogP contribution in [0.4, 0.5) is 0 Å². The summed E-state index contributed by atoms with van der Waals surface area (Å²) in [5, 5.41) is 0. The molecule has 0 heterocycles. The average Bonchev–Trinajstić information content (AvgIpc) is 2.34. The van der Waals surface area contributed by atoms with Gasteiger partial charge in [-0.2, -0.15) is 0 Å². The van der Waals surface area contributed by atoms with Gasteiger partial charge in [0.2, 0.25) is 0 Å². The summed E-state index contributed by atoms with van der Waals surface area (Å²) >= 11 is 5.74. The van der Waals surface area contributed by atoms with E-state index in [4.69, 9.17) is 25.8 Å². The molecule has 0 unspecified atom stereocenters. The van der Waals surface area contributed by atoms with Crippen molar-refractivity contribution in [1.82, 2.24) is 0 Å². The highest BCUT2D eigenvalue weighted by Gasteiger charge is 2.05. The molecule has 0 bridgehead atoms. The molecule has 16 heavy (non-hydrogen) atoms. The van der Waals surface area contributed by atoms with Gasteiger partial charge in [0, 0.05) is 12.5 Å². The maximum Gasteiger partial charge on any atom is 0.161 e. The largest absolute Gasteiger partial charge is 0.493 e. The minimum atomic E-state index is 0.468. The predicted molar refractivity (Wildman–Crippen MR) is 64.5 cm³/mol. The zero-order chi connectivity index (χ0) is 11.8. The molecule has 0 aliphatic carbocycles. The summed E-state index contributed by atoms with van der Waals surface area (Å²) in [4.78, 5) is 0. The summed E-state index contributed by atoms with van der Waals surface area (Å²) in [6.07, 6.45) is 0. The number of hydrogen-bond donors (Lipinski definition) is 0. The smallest absolute Gasteiger partial charge is 0.161 e. The highest BCUT2D eigenvalue weighted by Crippen LogP contribution is 2.28. The molecule has 0 aliphatic rings. The lowest BCUT2D eigenvalue weighted by molar-refractivity contribution is 0.109. The Morgan fingerprint density at radius 3 is 2.62 bits per heavy atom. The number of ether oxygens (including phenoxy) is 3. The van der Waals surface area contributed by atoms with Crippen LogP contribution in [0.5, 0.6) is 11.5 Å². The van der Waals surface area contributed by atoms with Crippen molar-refractivity contribution >= 4 is 11.6 Å². The highest BCUT2D eigenvalue weighted by atomic mass is 35.5. The molecule has 4 heteroatoms. The van der Waals surface area contributed by atoms with Crippen molar-refractivity contribution in [3.63, 3.8) is 0 Å². The molecule has 0 atom stereocenters. The molecule has 0 aliphatic heterocycles. The van der Waals surface area contributed by atoms with Crippen molar-refractivity contribution < 1.29 is 14.2 Å². The van der Waals surface area contributed by atoms with Gasteiger partial charge in [-0.15, -0.1) is 11.6 Å². The first-order valence-corrected chi connectivity index (χ1v) is 5.78. The maximum atomic E-state index is 5.74. The number of methoxy groups -OCH3 is 1. The van der Waals surface area contributed by atoms with E-state index < -0.39 is 0 Å². The second-order valence-corrected chi connectivity index (χ2v) is 3.43. The third-order valence-corrected chi connectivity index (χ3v) is 2.38. The summed E-state index contributed by atoms with van der Waals surface area (Å²) in [5.74, 6) is 1.89. The Morgan fingerprint density at radius 2 is 2.00 bits per heavy atom. The number of hydrogen-bond acceptors (Lipinski definition) is 3. The van der Waals surface area contributed by atoms with Gasteiger partial charge in [-0.25, -0.2) is 0 Å². The van der Waals surface area contributed by atoms with Crippen LogP contribution in [0.15, 0.2) is 18.2 Å². The molecule has 0 radical (unpaired) electrons. The van der Waals surface area contributed by atoms with Crippen LogP contribution in [0.2, 0.25) is 0 Å². The molecule has 0 amide bonds. The van der Waals surface area contributed by atoms with Gasteiger partial charge in [0.15, 0.2) is 11.5 Å². The molecule has 1 aromatic rings. The average molecular weight is 245 g/mol. The number of halogens is 1. The summed E-state index contributed by atoms with van der Waals surface area (Å²) in [5.41, 5.74) is 1.01. The van der Waals surface area contributed by atoms with Gasteiger partial charge in [0.05, 0.1) is 13.7 Å². The van der Waals surface area contributed by atoms with Crippen LogP contribution in [-0.4, -0.2) is 26.9 Å². The first-order chi connectivity index (χ1) is 7.81. The van der Waals surface area contributed by atoms with Gasteiger partial charge in [0.1, 0.15) is 6.61 Å². The lowest BCUT2D eigenvalue weighted by Gasteiger charge is -2.11. The van der Waals surface area contributed by atoms with Crippen LogP contribution in [-0.2, 0) is 10.6 Å². The molecular weight excluding hydrogens is 228 g/mol. The fourth-order valence-corrected chi connectivity index (χ4v) is 1.44. The summed E-state index contributed by atoms with van der Waals surface area (Å²) < 4.78 is 15.9. The standard InChI is InChI=1S/C12H17ClO3/c1-3-15-6-7-16-11-5-4-10(9-13)8-12(11)14-2/h4-5,8H,3,6-7,9H2,1-2H3. The molecule has 1 rings (SSSR count). The molecule has 90 valence electrons. The minimum Gasteiger partial charge on any atom is -0.493 e. The fraction of sp³-hybridized carbons (Fsp3) is 0.500. The van der Waals surface area contributed by atoms with E-state index in [2.05, 4.69) is 0 Å². The number of alkyl halides is 1. The lowest BCUT2D eigenvalue weighted by Crippen LogP contribution is -2.07. The van der Waals surface area contributed by atoms with Crippen molar-refractivity contribution in [1.29, 1.82) is 0 Å². The quantitative estimate of drug-likeness (QED) is 0.545. The Labute approximate surface area is 101 Å². The van der Waals surface area contributed by atoms with Crippen molar-refractivity contribution in [2.45, 2.75) is 12.8 Å². The molecule has 0 saturated heterocycles. The van der Waals surface area contributed by atoms with Crippen LogP contribution in [0.1, 0.15) is 12.5 Å². The second-order valence-electron chi connectivity index (χ2n) is 3.16. The van der Waals surface area contributed by atoms with E-state index >= 15 is 0 Å². The first-order valence-electron chi connectivity index (χ1n) is 5.25.